The van der Waals surface area contributed by atoms with E-state index in [4.69, 9.17) is 0 Å². The number of nitrogens with one attached hydrogen (secondary N) is 1. The Kier molecular flexibility index (Phi) is 6.01. The fourth-order valence-electron chi connectivity index (χ4n) is 5.11. The molecule has 0 spiro atoms. The Morgan fingerprint density at radius 3 is 2.67 bits per heavy atom. The molecule has 1 unspecified atom stereocenters. The fraction of sp³-hybridized carbons (Fsp3) is 0.810. The van der Waals surface area contributed by atoms with E-state index in [1.807, 2.05) is 4.90 Å². The van der Waals surface area contributed by atoms with Crippen LogP contribution in [0.4, 0.5) is 19.0 Å². The second kappa shape index (κ2) is 8.40. The molecule has 1 amide bonds. The number of carbonyl (C=O) groups is 1. The Bertz CT molecular complexity index is 756. The minimum absolute atomic E-state index is 0.0119. The summed E-state index contributed by atoms with van der Waals surface area (Å²) in [5.41, 5.74) is 0.573. The highest BCUT2D eigenvalue weighted by Crippen LogP contribution is 2.42. The number of anilines is 1. The maximum Gasteiger partial charge on any atom is 0.410 e. The molecule has 1 N–H and O–H groups in total. The quantitative estimate of drug-likeness (QED) is 0.803. The molecular weight excluding hydrogens is 395 g/mol. The first-order chi connectivity index (χ1) is 14.2. The van der Waals surface area contributed by atoms with Gasteiger partial charge in [0.1, 0.15) is 5.82 Å². The second-order valence-electron chi connectivity index (χ2n) is 9.36. The third-order valence-corrected chi connectivity index (χ3v) is 6.96. The summed E-state index contributed by atoms with van der Waals surface area (Å²) >= 11 is 0. The average Bonchev–Trinajstić information content (AvgIpc) is 3.08. The van der Waals surface area contributed by atoms with Crippen molar-refractivity contribution in [3.8, 4) is 0 Å². The second-order valence-corrected chi connectivity index (χ2v) is 9.36. The lowest BCUT2D eigenvalue weighted by atomic mass is 9.85. The number of piperidine rings is 2. The molecule has 3 atom stereocenters. The first-order valence-corrected chi connectivity index (χ1v) is 11.1. The van der Waals surface area contributed by atoms with Crippen LogP contribution in [0.3, 0.4) is 0 Å². The van der Waals surface area contributed by atoms with Gasteiger partial charge in [-0.3, -0.25) is 9.69 Å². The highest BCUT2D eigenvalue weighted by molar-refractivity contribution is 5.78. The van der Waals surface area contributed by atoms with E-state index in [-0.39, 0.29) is 24.3 Å². The van der Waals surface area contributed by atoms with Gasteiger partial charge in [0, 0.05) is 25.2 Å². The molecule has 2 fully saturated rings. The number of fused-ring (bicyclic) bond motifs is 1. The summed E-state index contributed by atoms with van der Waals surface area (Å²) in [6.45, 7) is 7.50. The van der Waals surface area contributed by atoms with Crippen LogP contribution in [0.15, 0.2) is 6.07 Å². The van der Waals surface area contributed by atoms with E-state index in [2.05, 4.69) is 22.2 Å². The lowest BCUT2D eigenvalue weighted by Gasteiger charge is -2.42. The number of aromatic nitrogens is 2. The molecule has 0 saturated carbocycles. The third kappa shape index (κ3) is 4.60. The molecule has 168 valence electrons. The van der Waals surface area contributed by atoms with Crippen LogP contribution in [-0.2, 0) is 4.79 Å². The van der Waals surface area contributed by atoms with E-state index in [1.165, 1.54) is 0 Å². The smallest absolute Gasteiger partial charge is 0.367 e. The van der Waals surface area contributed by atoms with Crippen LogP contribution in [0.2, 0.25) is 0 Å². The van der Waals surface area contributed by atoms with Crippen molar-refractivity contribution in [3.63, 3.8) is 0 Å². The number of rotatable bonds is 3. The van der Waals surface area contributed by atoms with Crippen LogP contribution in [0, 0.1) is 18.8 Å². The predicted molar refractivity (Wildman–Crippen MR) is 108 cm³/mol. The first kappa shape index (κ1) is 21.5. The summed E-state index contributed by atoms with van der Waals surface area (Å²) in [4.78, 5) is 17.0. The van der Waals surface area contributed by atoms with Crippen molar-refractivity contribution in [3.05, 3.63) is 11.8 Å². The topological polar surface area (TPSA) is 53.4 Å². The van der Waals surface area contributed by atoms with Gasteiger partial charge in [-0.1, -0.05) is 6.92 Å². The molecule has 1 aromatic rings. The van der Waals surface area contributed by atoms with E-state index in [0.29, 0.717) is 37.1 Å². The maximum absolute atomic E-state index is 13.7. The lowest BCUT2D eigenvalue weighted by Crippen LogP contribution is -2.51. The van der Waals surface area contributed by atoms with Gasteiger partial charge in [-0.05, 0) is 64.0 Å². The summed E-state index contributed by atoms with van der Waals surface area (Å²) in [6, 6.07) is -0.255. The molecule has 3 aliphatic rings. The average molecular weight is 428 g/mol. The van der Waals surface area contributed by atoms with Gasteiger partial charge in [0.15, 0.2) is 6.04 Å². The molecule has 0 aliphatic carbocycles. The number of hydrogen-bond donors (Lipinski definition) is 1. The van der Waals surface area contributed by atoms with Crippen LogP contribution in [0.1, 0.15) is 50.8 Å². The zero-order valence-electron chi connectivity index (χ0n) is 17.8. The maximum atomic E-state index is 13.7. The number of aryl methyl sites for hydroxylation is 1. The molecule has 4 heterocycles. The van der Waals surface area contributed by atoms with E-state index in [1.54, 1.807) is 13.0 Å². The number of halogens is 3. The molecular formula is C21H32F3N5O. The number of amides is 1. The van der Waals surface area contributed by atoms with Gasteiger partial charge in [-0.2, -0.15) is 18.3 Å². The largest absolute Gasteiger partial charge is 0.410 e. The van der Waals surface area contributed by atoms with Crippen LogP contribution in [0.5, 0.6) is 0 Å². The normalized spacial score (nSPS) is 28.8. The van der Waals surface area contributed by atoms with Gasteiger partial charge < -0.3 is 10.2 Å². The van der Waals surface area contributed by atoms with Crippen molar-refractivity contribution in [2.24, 2.45) is 11.8 Å². The predicted octanol–water partition coefficient (Wildman–Crippen LogP) is 3.45. The first-order valence-electron chi connectivity index (χ1n) is 11.1. The zero-order valence-corrected chi connectivity index (χ0v) is 17.8. The van der Waals surface area contributed by atoms with E-state index in [0.717, 1.165) is 43.5 Å². The van der Waals surface area contributed by atoms with Gasteiger partial charge >= 0.3 is 6.18 Å². The fourth-order valence-corrected chi connectivity index (χ4v) is 5.11. The van der Waals surface area contributed by atoms with Crippen LogP contribution in [-0.4, -0.2) is 70.4 Å². The van der Waals surface area contributed by atoms with Crippen molar-refractivity contribution >= 4 is 11.7 Å². The summed E-state index contributed by atoms with van der Waals surface area (Å²) in [6.07, 6.45) is -0.486. The minimum Gasteiger partial charge on any atom is -0.367 e. The van der Waals surface area contributed by atoms with Crippen molar-refractivity contribution in [2.75, 3.05) is 38.0 Å². The molecule has 9 heteroatoms. The Morgan fingerprint density at radius 1 is 1.23 bits per heavy atom. The van der Waals surface area contributed by atoms with Gasteiger partial charge in [-0.15, -0.1) is 0 Å². The highest BCUT2D eigenvalue weighted by Gasteiger charge is 2.48. The molecule has 2 saturated heterocycles. The summed E-state index contributed by atoms with van der Waals surface area (Å²) in [7, 11) is 0. The number of hydrogen-bond acceptors (Lipinski definition) is 4. The molecule has 30 heavy (non-hydrogen) atoms. The van der Waals surface area contributed by atoms with Gasteiger partial charge in [0.25, 0.3) is 0 Å². The Labute approximate surface area is 175 Å². The van der Waals surface area contributed by atoms with Gasteiger partial charge in [-0.25, -0.2) is 4.68 Å². The molecule has 0 radical (unpaired) electrons. The van der Waals surface area contributed by atoms with Crippen molar-refractivity contribution in [2.45, 2.75) is 64.2 Å². The van der Waals surface area contributed by atoms with Crippen LogP contribution < -0.4 is 5.32 Å². The van der Waals surface area contributed by atoms with Crippen LogP contribution in [0.25, 0.3) is 0 Å². The molecule has 4 rings (SSSR count). The number of alkyl halides is 3. The van der Waals surface area contributed by atoms with Gasteiger partial charge in [0.2, 0.25) is 5.91 Å². The van der Waals surface area contributed by atoms with Gasteiger partial charge in [0.05, 0.1) is 12.2 Å². The Morgan fingerprint density at radius 2 is 1.97 bits per heavy atom. The summed E-state index contributed by atoms with van der Waals surface area (Å²) < 4.78 is 42.2. The Hall–Kier alpha value is -1.77. The van der Waals surface area contributed by atoms with Crippen molar-refractivity contribution < 1.29 is 18.0 Å². The number of nitrogens with zero attached hydrogens (tertiary/aromatic N) is 4. The molecule has 0 aromatic carbocycles. The molecule has 3 aliphatic heterocycles. The minimum atomic E-state index is -4.34. The monoisotopic (exact) mass is 427 g/mol. The molecule has 6 nitrogen and oxygen atoms in total. The standard InChI is InChI=1S/C21H32F3N5O/c1-14-5-8-27(9-6-14)13-20(30)28-7-3-4-16(12-28)17-11-18(21(22,23)24)29-19(25-17)10-15(2)26-29/h10,14,16-18,25H,3-9,11-13H2,1-2H3/t16?,17-,18+/m0/s1. The SMILES string of the molecule is Cc1cc2n(n1)[C@@H](C(F)(F)F)C[C@@H](C1CCCN(C(=O)CN3CCC(C)CC3)C1)N2. The molecule has 0 bridgehead atoms. The van der Waals surface area contributed by atoms with E-state index < -0.39 is 12.2 Å². The number of likely N-dealkylation sites (tertiary alicyclic amines) is 2. The molecule has 1 aromatic heterocycles. The number of carbonyl (C=O) groups excluding carboxylic acids is 1. The highest BCUT2D eigenvalue weighted by atomic mass is 19.4. The van der Waals surface area contributed by atoms with Crippen molar-refractivity contribution in [1.29, 1.82) is 0 Å². The van der Waals surface area contributed by atoms with Crippen LogP contribution >= 0.6 is 0 Å². The summed E-state index contributed by atoms with van der Waals surface area (Å²) in [5.74, 6) is 1.26. The third-order valence-electron chi connectivity index (χ3n) is 6.96. The van der Waals surface area contributed by atoms with E-state index >= 15 is 0 Å². The zero-order chi connectivity index (χ0) is 21.5. The summed E-state index contributed by atoms with van der Waals surface area (Å²) in [5, 5.41) is 7.34. The Balaban J connectivity index is 1.41. The van der Waals surface area contributed by atoms with Crippen molar-refractivity contribution in [1.82, 2.24) is 19.6 Å². The lowest BCUT2D eigenvalue weighted by molar-refractivity contribution is -0.175. The van der Waals surface area contributed by atoms with E-state index in [9.17, 15) is 18.0 Å².